The van der Waals surface area contributed by atoms with Gasteiger partial charge < -0.3 is 20.4 Å². The molecule has 3 N–H and O–H groups in total. The van der Waals surface area contributed by atoms with Crippen LogP contribution in [0.3, 0.4) is 0 Å². The number of carboxylic acid groups (broad SMARTS) is 2. The number of aliphatic carboxylic acids is 2. The van der Waals surface area contributed by atoms with Gasteiger partial charge in [0.15, 0.2) is 5.92 Å². The number of thioether (sulfide) groups is 1. The van der Waals surface area contributed by atoms with Crippen molar-refractivity contribution in [1.29, 1.82) is 0 Å². The van der Waals surface area contributed by atoms with Crippen LogP contribution in [0.1, 0.15) is 25.3 Å². The Hall–Kier alpha value is -2.33. The van der Waals surface area contributed by atoms with E-state index in [0.29, 0.717) is 5.56 Å². The third-order valence-electron chi connectivity index (χ3n) is 5.22. The van der Waals surface area contributed by atoms with E-state index in [1.54, 1.807) is 32.0 Å². The number of carboxylic acids is 2. The average molecular weight is 479 g/mol. The van der Waals surface area contributed by atoms with Crippen molar-refractivity contribution in [3.8, 4) is 0 Å². The molecule has 2 saturated heterocycles. The predicted molar refractivity (Wildman–Crippen MR) is 118 cm³/mol. The molecule has 0 spiro atoms. The number of carbonyl (C=O) groups is 4. The monoisotopic (exact) mass is 478 g/mol. The molecule has 0 saturated carbocycles. The summed E-state index contributed by atoms with van der Waals surface area (Å²) in [5.41, 5.74) is 0.309. The zero-order valence-corrected chi connectivity index (χ0v) is 21.3. The maximum Gasteiger partial charge on any atom is 1.00 e. The molecule has 2 aliphatic heterocycles. The van der Waals surface area contributed by atoms with E-state index in [-0.39, 0.29) is 29.6 Å². The van der Waals surface area contributed by atoms with Gasteiger partial charge >= 0.3 is 41.5 Å². The second kappa shape index (κ2) is 11.2. The van der Waals surface area contributed by atoms with Gasteiger partial charge in [-0.05, 0) is 19.4 Å². The summed E-state index contributed by atoms with van der Waals surface area (Å²) < 4.78 is -0.711. The van der Waals surface area contributed by atoms with Crippen molar-refractivity contribution in [2.24, 2.45) is 0 Å². The number of hydrogen-bond donors (Lipinski definition) is 3. The number of fused-ring (bicyclic) bond motifs is 1. The summed E-state index contributed by atoms with van der Waals surface area (Å²) in [6, 6.07) is 18.6. The van der Waals surface area contributed by atoms with Gasteiger partial charge in [0.1, 0.15) is 17.5 Å². The Morgan fingerprint density at radius 3 is 2.09 bits per heavy atom. The molecule has 0 bridgehead atoms. The summed E-state index contributed by atoms with van der Waals surface area (Å²) in [5, 5.41) is 20.8. The van der Waals surface area contributed by atoms with Crippen LogP contribution in [0.15, 0.2) is 60.7 Å². The van der Waals surface area contributed by atoms with Crippen LogP contribution < -0.4 is 34.9 Å². The number of hydrogen-bond acceptors (Lipinski definition) is 5. The summed E-state index contributed by atoms with van der Waals surface area (Å²) in [7, 11) is 0. The zero-order chi connectivity index (χ0) is 23.5. The molecular formula is C23H23N2NaO6S. The van der Waals surface area contributed by atoms with E-state index >= 15 is 0 Å². The van der Waals surface area contributed by atoms with Crippen molar-refractivity contribution in [3.63, 3.8) is 0 Å². The molecule has 0 aromatic heterocycles. The Balaban J connectivity index is 0.000000479. The number of carbonyl (C=O) groups excluding carboxylic acids is 2. The fraction of sp³-hybridized carbons (Fsp3) is 0.304. The summed E-state index contributed by atoms with van der Waals surface area (Å²) in [6.07, 6.45) is 0. The number of rotatable bonds is 5. The van der Waals surface area contributed by atoms with E-state index in [4.69, 9.17) is 0 Å². The third-order valence-corrected chi connectivity index (χ3v) is 6.79. The fourth-order valence-corrected chi connectivity index (χ4v) is 5.40. The molecule has 2 heterocycles. The molecule has 1 unspecified atom stereocenters. The maximum atomic E-state index is 12.5. The molecule has 0 aliphatic carbocycles. The molecule has 2 aliphatic rings. The molecule has 10 heteroatoms. The van der Waals surface area contributed by atoms with Gasteiger partial charge in [0.2, 0.25) is 11.8 Å². The van der Waals surface area contributed by atoms with Crippen molar-refractivity contribution in [3.05, 3.63) is 72.3 Å². The minimum atomic E-state index is -1.44. The molecule has 2 aromatic carbocycles. The predicted octanol–water partition coefficient (Wildman–Crippen LogP) is -1.02. The SMILES string of the molecule is CC1(C)S[C@@H]2[C@H](NC(=O)C(C(=O)O)c3ccccc3)C(=O)N2[C@H]1C(=O)O.[Na+].[c-]1ccccc1. The summed E-state index contributed by atoms with van der Waals surface area (Å²) in [4.78, 5) is 49.2. The topological polar surface area (TPSA) is 124 Å². The van der Waals surface area contributed by atoms with Crippen LogP contribution in [-0.2, 0) is 19.2 Å². The van der Waals surface area contributed by atoms with Crippen LogP contribution in [0.2, 0.25) is 0 Å². The van der Waals surface area contributed by atoms with Gasteiger partial charge in [-0.3, -0.25) is 14.4 Å². The van der Waals surface area contributed by atoms with Crippen LogP contribution in [0.4, 0.5) is 0 Å². The van der Waals surface area contributed by atoms with Gasteiger partial charge in [-0.2, -0.15) is 36.4 Å². The van der Waals surface area contributed by atoms with Gasteiger partial charge in [-0.1, -0.05) is 30.3 Å². The summed E-state index contributed by atoms with van der Waals surface area (Å²) >= 11 is 1.29. The Labute approximate surface area is 218 Å². The van der Waals surface area contributed by atoms with Gasteiger partial charge in [0.05, 0.1) is 0 Å². The largest absolute Gasteiger partial charge is 1.00 e. The van der Waals surface area contributed by atoms with E-state index < -0.39 is 51.9 Å². The van der Waals surface area contributed by atoms with Crippen molar-refractivity contribution >= 4 is 35.5 Å². The number of nitrogens with zero attached hydrogens (tertiary/aromatic N) is 1. The Morgan fingerprint density at radius 1 is 1.06 bits per heavy atom. The maximum absolute atomic E-state index is 12.5. The quantitative estimate of drug-likeness (QED) is 0.217. The van der Waals surface area contributed by atoms with Crippen LogP contribution >= 0.6 is 11.8 Å². The van der Waals surface area contributed by atoms with E-state index in [2.05, 4.69) is 11.4 Å². The first-order valence-electron chi connectivity index (χ1n) is 9.87. The fourth-order valence-electron chi connectivity index (χ4n) is 3.78. The minimum Gasteiger partial charge on any atom is -0.480 e. The Kier molecular flexibility index (Phi) is 9.13. The Bertz CT molecular complexity index is 978. The third kappa shape index (κ3) is 5.78. The van der Waals surface area contributed by atoms with Crippen LogP contribution in [0.5, 0.6) is 0 Å². The molecule has 0 radical (unpaired) electrons. The Morgan fingerprint density at radius 2 is 1.64 bits per heavy atom. The van der Waals surface area contributed by atoms with Crippen molar-refractivity contribution in [2.45, 2.75) is 42.0 Å². The van der Waals surface area contributed by atoms with Gasteiger partial charge in [-0.15, -0.1) is 11.8 Å². The second-order valence-electron chi connectivity index (χ2n) is 7.84. The van der Waals surface area contributed by atoms with Crippen molar-refractivity contribution in [2.75, 3.05) is 0 Å². The van der Waals surface area contributed by atoms with E-state index in [1.807, 2.05) is 30.3 Å². The molecule has 4 atom stereocenters. The van der Waals surface area contributed by atoms with Crippen LogP contribution in [0, 0.1) is 6.07 Å². The zero-order valence-electron chi connectivity index (χ0n) is 18.5. The molecule has 33 heavy (non-hydrogen) atoms. The molecule has 8 nitrogen and oxygen atoms in total. The molecule has 2 amide bonds. The molecular weight excluding hydrogens is 455 g/mol. The van der Waals surface area contributed by atoms with Crippen LogP contribution in [0.25, 0.3) is 0 Å². The van der Waals surface area contributed by atoms with Crippen molar-refractivity contribution < 1.29 is 58.9 Å². The number of nitrogens with one attached hydrogen (secondary N) is 1. The minimum absolute atomic E-state index is 0. The van der Waals surface area contributed by atoms with Gasteiger partial charge in [0, 0.05) is 4.75 Å². The van der Waals surface area contributed by atoms with E-state index in [0.717, 1.165) is 0 Å². The average Bonchev–Trinajstić information content (AvgIpc) is 3.02. The van der Waals surface area contributed by atoms with Crippen LogP contribution in [-0.4, -0.2) is 61.1 Å². The molecule has 168 valence electrons. The molecule has 4 rings (SSSR count). The number of amides is 2. The number of β-lactam (4-membered cyclic amide) rings is 1. The van der Waals surface area contributed by atoms with E-state index in [9.17, 15) is 29.4 Å². The smallest absolute Gasteiger partial charge is 0.480 e. The summed E-state index contributed by atoms with van der Waals surface area (Å²) in [5.74, 6) is -5.16. The summed E-state index contributed by atoms with van der Waals surface area (Å²) in [6.45, 7) is 3.45. The molecule has 2 aromatic rings. The second-order valence-corrected chi connectivity index (χ2v) is 9.61. The first-order valence-corrected chi connectivity index (χ1v) is 10.7. The number of benzene rings is 2. The first kappa shape index (κ1) is 26.9. The van der Waals surface area contributed by atoms with Gasteiger partial charge in [0.25, 0.3) is 0 Å². The standard InChI is InChI=1S/C17H18N2O6S.C6H5.Na/c1-17(2)11(16(24)25)19-13(21)10(14(19)26-17)18-12(20)9(15(22)23)8-6-4-3-5-7-8;1-2-4-6-5-3-1;/h3-7,9-11,14H,1-2H3,(H,18,20)(H,22,23)(H,24,25);1-5H;/q;-1;+1/t9?,10-,11+,14-;;/m1../s1. The van der Waals surface area contributed by atoms with E-state index in [1.165, 1.54) is 28.8 Å². The van der Waals surface area contributed by atoms with Gasteiger partial charge in [-0.25, -0.2) is 4.79 Å². The molecule has 2 fully saturated rings. The normalized spacial score (nSPS) is 22.9. The van der Waals surface area contributed by atoms with Crippen molar-refractivity contribution in [1.82, 2.24) is 10.2 Å². The first-order chi connectivity index (χ1) is 15.1.